The molecule has 0 spiro atoms. The van der Waals surface area contributed by atoms with Crippen LogP contribution in [0.3, 0.4) is 0 Å². The lowest BCUT2D eigenvalue weighted by Crippen LogP contribution is -2.45. The number of carbonyl (C=O) groups is 1. The van der Waals surface area contributed by atoms with Crippen molar-refractivity contribution >= 4 is 5.91 Å². The van der Waals surface area contributed by atoms with Crippen molar-refractivity contribution in [3.8, 4) is 11.5 Å². The van der Waals surface area contributed by atoms with Crippen LogP contribution in [-0.2, 0) is 6.54 Å². The third kappa shape index (κ3) is 4.08. The Bertz CT molecular complexity index is 793. The smallest absolute Gasteiger partial charge is 0.255 e. The Labute approximate surface area is 160 Å². The monoisotopic (exact) mass is 366 g/mol. The summed E-state index contributed by atoms with van der Waals surface area (Å²) in [7, 11) is 1.60. The van der Waals surface area contributed by atoms with Crippen LogP contribution in [0.4, 0.5) is 0 Å². The largest absolute Gasteiger partial charge is 0.497 e. The van der Waals surface area contributed by atoms with E-state index in [0.29, 0.717) is 29.5 Å². The molecule has 1 saturated heterocycles. The lowest BCUT2D eigenvalue weighted by Gasteiger charge is -2.36. The van der Waals surface area contributed by atoms with E-state index in [-0.39, 0.29) is 12.0 Å². The fourth-order valence-corrected chi connectivity index (χ4v) is 4.05. The molecule has 5 nitrogen and oxygen atoms in total. The van der Waals surface area contributed by atoms with Crippen LogP contribution < -0.4 is 14.8 Å². The highest BCUT2D eigenvalue weighted by Gasteiger charge is 2.32. The molecule has 0 bridgehead atoms. The van der Waals surface area contributed by atoms with Crippen LogP contribution >= 0.6 is 0 Å². The number of nitrogens with one attached hydrogen (secondary N) is 1. The number of piperidine rings is 1. The highest BCUT2D eigenvalue weighted by molar-refractivity contribution is 5.97. The Kier molecular flexibility index (Phi) is 5.30. The fourth-order valence-electron chi connectivity index (χ4n) is 4.05. The molecule has 0 saturated carbocycles. The van der Waals surface area contributed by atoms with E-state index >= 15 is 0 Å². The van der Waals surface area contributed by atoms with Crippen molar-refractivity contribution in [2.75, 3.05) is 26.7 Å². The molecule has 2 unspecified atom stereocenters. The molecular weight excluding hydrogens is 340 g/mol. The van der Waals surface area contributed by atoms with E-state index in [1.54, 1.807) is 13.2 Å². The zero-order valence-electron chi connectivity index (χ0n) is 15.7. The van der Waals surface area contributed by atoms with E-state index in [1.165, 1.54) is 5.56 Å². The SMILES string of the molecule is COc1ccc2c(c1)C(=O)NCC(C1CCCN(Cc3ccccc3)C1)O2. The molecule has 1 amide bonds. The van der Waals surface area contributed by atoms with Crippen molar-refractivity contribution in [1.82, 2.24) is 10.2 Å². The molecule has 2 heterocycles. The number of carbonyl (C=O) groups excluding carboxylic acids is 1. The van der Waals surface area contributed by atoms with E-state index in [0.717, 1.165) is 32.5 Å². The zero-order chi connectivity index (χ0) is 18.6. The van der Waals surface area contributed by atoms with E-state index in [9.17, 15) is 4.79 Å². The Morgan fingerprint density at radius 1 is 1.22 bits per heavy atom. The minimum atomic E-state index is -0.0941. The van der Waals surface area contributed by atoms with Crippen molar-refractivity contribution in [2.24, 2.45) is 5.92 Å². The van der Waals surface area contributed by atoms with Crippen LogP contribution in [-0.4, -0.2) is 43.7 Å². The molecule has 0 radical (unpaired) electrons. The molecule has 1 N–H and O–H groups in total. The number of fused-ring (bicyclic) bond motifs is 1. The molecule has 5 heteroatoms. The first-order valence-electron chi connectivity index (χ1n) is 9.62. The van der Waals surface area contributed by atoms with Gasteiger partial charge in [-0.15, -0.1) is 0 Å². The summed E-state index contributed by atoms with van der Waals surface area (Å²) < 4.78 is 11.5. The second kappa shape index (κ2) is 8.01. The number of ether oxygens (including phenoxy) is 2. The van der Waals surface area contributed by atoms with Gasteiger partial charge in [-0.25, -0.2) is 0 Å². The van der Waals surface area contributed by atoms with Gasteiger partial charge in [0.15, 0.2) is 0 Å². The van der Waals surface area contributed by atoms with Gasteiger partial charge in [0.25, 0.3) is 5.91 Å². The topological polar surface area (TPSA) is 50.8 Å². The number of amides is 1. The molecule has 142 valence electrons. The van der Waals surface area contributed by atoms with Crippen molar-refractivity contribution in [2.45, 2.75) is 25.5 Å². The summed E-state index contributed by atoms with van der Waals surface area (Å²) in [6, 6.07) is 16.0. The van der Waals surface area contributed by atoms with Gasteiger partial charge in [-0.3, -0.25) is 9.69 Å². The highest BCUT2D eigenvalue weighted by atomic mass is 16.5. The maximum Gasteiger partial charge on any atom is 0.255 e. The third-order valence-corrected chi connectivity index (χ3v) is 5.49. The van der Waals surface area contributed by atoms with Crippen LogP contribution in [0.5, 0.6) is 11.5 Å². The predicted molar refractivity (Wildman–Crippen MR) is 104 cm³/mol. The minimum absolute atomic E-state index is 0.0119. The standard InChI is InChI=1S/C22H26N2O3/c1-26-18-9-10-20-19(12-18)22(25)23-13-21(27-20)17-8-5-11-24(15-17)14-16-6-3-2-4-7-16/h2-4,6-7,9-10,12,17,21H,5,8,11,13-15H2,1H3,(H,23,25). The highest BCUT2D eigenvalue weighted by Crippen LogP contribution is 2.30. The molecule has 2 atom stereocenters. The van der Waals surface area contributed by atoms with Gasteiger partial charge in [0.1, 0.15) is 17.6 Å². The van der Waals surface area contributed by atoms with Crippen LogP contribution in [0, 0.1) is 5.92 Å². The summed E-state index contributed by atoms with van der Waals surface area (Å²) in [5, 5.41) is 3.03. The first kappa shape index (κ1) is 17.9. The second-order valence-electron chi connectivity index (χ2n) is 7.35. The molecule has 2 aliphatic rings. The summed E-state index contributed by atoms with van der Waals surface area (Å²) in [6.07, 6.45) is 2.26. The van der Waals surface area contributed by atoms with Crippen LogP contribution in [0.25, 0.3) is 0 Å². The van der Waals surface area contributed by atoms with Gasteiger partial charge in [0.2, 0.25) is 0 Å². The van der Waals surface area contributed by atoms with Gasteiger partial charge in [0.05, 0.1) is 19.2 Å². The quantitative estimate of drug-likeness (QED) is 0.903. The van der Waals surface area contributed by atoms with Gasteiger partial charge < -0.3 is 14.8 Å². The fraction of sp³-hybridized carbons (Fsp3) is 0.409. The summed E-state index contributed by atoms with van der Waals surface area (Å²) >= 11 is 0. The van der Waals surface area contributed by atoms with Crippen molar-refractivity contribution in [3.05, 3.63) is 59.7 Å². The molecule has 27 heavy (non-hydrogen) atoms. The van der Waals surface area contributed by atoms with Crippen molar-refractivity contribution in [1.29, 1.82) is 0 Å². The summed E-state index contributed by atoms with van der Waals surface area (Å²) in [6.45, 7) is 3.60. The summed E-state index contributed by atoms with van der Waals surface area (Å²) in [5.74, 6) is 1.62. The van der Waals surface area contributed by atoms with Crippen LogP contribution in [0.15, 0.2) is 48.5 Å². The normalized spacial score (nSPS) is 22.9. The van der Waals surface area contributed by atoms with Crippen molar-refractivity contribution in [3.63, 3.8) is 0 Å². The Morgan fingerprint density at radius 3 is 2.89 bits per heavy atom. The average Bonchev–Trinajstić information content (AvgIpc) is 2.88. The molecule has 2 aromatic rings. The number of likely N-dealkylation sites (tertiary alicyclic amines) is 1. The molecule has 0 aliphatic carbocycles. The van der Waals surface area contributed by atoms with Gasteiger partial charge in [0, 0.05) is 19.0 Å². The van der Waals surface area contributed by atoms with Gasteiger partial charge in [-0.2, -0.15) is 0 Å². The van der Waals surface area contributed by atoms with Gasteiger partial charge in [-0.1, -0.05) is 30.3 Å². The molecule has 4 rings (SSSR count). The van der Waals surface area contributed by atoms with E-state index in [4.69, 9.17) is 9.47 Å². The predicted octanol–water partition coefficient (Wildman–Crippen LogP) is 3.10. The number of methoxy groups -OCH3 is 1. The maximum absolute atomic E-state index is 12.5. The molecule has 0 aromatic heterocycles. The Morgan fingerprint density at radius 2 is 2.07 bits per heavy atom. The van der Waals surface area contributed by atoms with E-state index in [1.807, 2.05) is 12.1 Å². The Balaban J connectivity index is 1.46. The van der Waals surface area contributed by atoms with Crippen LogP contribution in [0.1, 0.15) is 28.8 Å². The molecule has 2 aliphatic heterocycles. The second-order valence-corrected chi connectivity index (χ2v) is 7.35. The van der Waals surface area contributed by atoms with E-state index < -0.39 is 0 Å². The number of rotatable bonds is 4. The number of nitrogens with zero attached hydrogens (tertiary/aromatic N) is 1. The van der Waals surface area contributed by atoms with E-state index in [2.05, 4.69) is 40.5 Å². The number of hydrogen-bond acceptors (Lipinski definition) is 4. The molecule has 1 fully saturated rings. The van der Waals surface area contributed by atoms with Crippen LogP contribution in [0.2, 0.25) is 0 Å². The van der Waals surface area contributed by atoms with Gasteiger partial charge in [-0.05, 0) is 43.1 Å². The average molecular weight is 366 g/mol. The molecular formula is C22H26N2O3. The number of hydrogen-bond donors (Lipinski definition) is 1. The van der Waals surface area contributed by atoms with Crippen molar-refractivity contribution < 1.29 is 14.3 Å². The van der Waals surface area contributed by atoms with Gasteiger partial charge >= 0.3 is 0 Å². The first-order valence-corrected chi connectivity index (χ1v) is 9.62. The lowest BCUT2D eigenvalue weighted by atomic mass is 9.92. The lowest BCUT2D eigenvalue weighted by molar-refractivity contribution is 0.0659. The summed E-state index contributed by atoms with van der Waals surface area (Å²) in [4.78, 5) is 14.9. The number of benzene rings is 2. The molecule has 2 aromatic carbocycles. The maximum atomic E-state index is 12.5. The zero-order valence-corrected chi connectivity index (χ0v) is 15.7. The summed E-state index contributed by atoms with van der Waals surface area (Å²) in [5.41, 5.74) is 1.89. The Hall–Kier alpha value is -2.53. The first-order chi connectivity index (χ1) is 13.2. The third-order valence-electron chi connectivity index (χ3n) is 5.49. The minimum Gasteiger partial charge on any atom is -0.497 e.